The maximum atomic E-state index is 12.9. The normalized spacial score (nSPS) is 20.5. The van der Waals surface area contributed by atoms with E-state index in [9.17, 15) is 4.79 Å². The number of likely N-dealkylation sites (tertiary alicyclic amines) is 1. The van der Waals surface area contributed by atoms with E-state index in [0.717, 1.165) is 32.5 Å². The van der Waals surface area contributed by atoms with Gasteiger partial charge in [-0.2, -0.15) is 0 Å². The Morgan fingerprint density at radius 2 is 2.30 bits per heavy atom. The number of amides is 1. The topological polar surface area (TPSA) is 56.6 Å². The van der Waals surface area contributed by atoms with Crippen molar-refractivity contribution in [1.82, 2.24) is 14.5 Å². The smallest absolute Gasteiger partial charge is 0.267 e. The summed E-state index contributed by atoms with van der Waals surface area (Å²) >= 11 is 1.42. The van der Waals surface area contributed by atoms with Gasteiger partial charge in [0.05, 0.1) is 6.33 Å². The Morgan fingerprint density at radius 3 is 3.17 bits per heavy atom. The van der Waals surface area contributed by atoms with Crippen LogP contribution in [0.15, 0.2) is 24.1 Å². The number of hydrogen-bond donors (Lipinski definition) is 0. The van der Waals surface area contributed by atoms with Gasteiger partial charge in [0.15, 0.2) is 11.5 Å². The zero-order chi connectivity index (χ0) is 15.6. The maximum absolute atomic E-state index is 12.9. The zero-order valence-electron chi connectivity index (χ0n) is 12.8. The van der Waals surface area contributed by atoms with Crippen molar-refractivity contribution in [3.05, 3.63) is 29.0 Å². The lowest BCUT2D eigenvalue weighted by atomic mass is 9.97. The average molecular weight is 333 g/mol. The van der Waals surface area contributed by atoms with Gasteiger partial charge in [-0.3, -0.25) is 4.79 Å². The Balaban J connectivity index is 1.46. The van der Waals surface area contributed by atoms with E-state index in [2.05, 4.69) is 9.55 Å². The Labute approximate surface area is 138 Å². The third-order valence-corrected chi connectivity index (χ3v) is 5.26. The van der Waals surface area contributed by atoms with Crippen LogP contribution in [-0.4, -0.2) is 46.7 Å². The van der Waals surface area contributed by atoms with Crippen LogP contribution in [0.5, 0.6) is 11.5 Å². The van der Waals surface area contributed by atoms with Crippen LogP contribution in [-0.2, 0) is 6.54 Å². The van der Waals surface area contributed by atoms with E-state index in [1.807, 2.05) is 22.8 Å². The molecule has 0 aliphatic carbocycles. The second-order valence-electron chi connectivity index (χ2n) is 5.97. The first-order chi connectivity index (χ1) is 11.3. The highest BCUT2D eigenvalue weighted by atomic mass is 32.1. The molecule has 1 amide bonds. The highest BCUT2D eigenvalue weighted by molar-refractivity contribution is 7.12. The van der Waals surface area contributed by atoms with E-state index in [4.69, 9.17) is 9.47 Å². The van der Waals surface area contributed by atoms with Crippen molar-refractivity contribution < 1.29 is 14.3 Å². The molecule has 4 heterocycles. The van der Waals surface area contributed by atoms with Crippen molar-refractivity contribution in [2.75, 3.05) is 26.3 Å². The standard InChI is InChI=1S/C16H19N3O3S/c20-16(15-14-13(10-23-15)21-6-7-22-14)19-4-1-2-12(9-19)8-18-5-3-17-11-18/h3,5,10-12H,1-2,4,6-9H2. The Morgan fingerprint density at radius 1 is 1.39 bits per heavy atom. The van der Waals surface area contributed by atoms with Gasteiger partial charge in [0.2, 0.25) is 0 Å². The average Bonchev–Trinajstić information content (AvgIpc) is 3.24. The van der Waals surface area contributed by atoms with Crippen LogP contribution < -0.4 is 9.47 Å². The largest absolute Gasteiger partial charge is 0.485 e. The number of piperidine rings is 1. The number of hydrogen-bond acceptors (Lipinski definition) is 5. The van der Waals surface area contributed by atoms with Crippen molar-refractivity contribution in [3.8, 4) is 11.5 Å². The third kappa shape index (κ3) is 2.93. The predicted octanol–water partition coefficient (Wildman–Crippen LogP) is 2.27. The fourth-order valence-corrected chi connectivity index (χ4v) is 4.14. The van der Waals surface area contributed by atoms with Crippen LogP contribution in [0.25, 0.3) is 0 Å². The first-order valence-corrected chi connectivity index (χ1v) is 8.81. The number of carbonyl (C=O) groups excluding carboxylic acids is 1. The minimum Gasteiger partial charge on any atom is -0.485 e. The van der Waals surface area contributed by atoms with Gasteiger partial charge in [0.1, 0.15) is 18.1 Å². The van der Waals surface area contributed by atoms with Crippen molar-refractivity contribution in [1.29, 1.82) is 0 Å². The second-order valence-corrected chi connectivity index (χ2v) is 6.85. The molecule has 0 radical (unpaired) electrons. The molecule has 1 unspecified atom stereocenters. The van der Waals surface area contributed by atoms with E-state index in [0.29, 0.717) is 35.5 Å². The van der Waals surface area contributed by atoms with Crippen molar-refractivity contribution in [2.24, 2.45) is 5.92 Å². The van der Waals surface area contributed by atoms with E-state index in [1.54, 1.807) is 6.20 Å². The molecule has 2 aromatic heterocycles. The summed E-state index contributed by atoms with van der Waals surface area (Å²) in [6.07, 6.45) is 7.78. The van der Waals surface area contributed by atoms with E-state index < -0.39 is 0 Å². The molecular weight excluding hydrogens is 314 g/mol. The number of aromatic nitrogens is 2. The molecule has 1 saturated heterocycles. The van der Waals surface area contributed by atoms with E-state index in [-0.39, 0.29) is 5.91 Å². The number of thiophene rings is 1. The highest BCUT2D eigenvalue weighted by Gasteiger charge is 2.30. The molecule has 0 spiro atoms. The lowest BCUT2D eigenvalue weighted by molar-refractivity contribution is 0.0659. The molecule has 0 N–H and O–H groups in total. The first kappa shape index (κ1) is 14.6. The molecule has 122 valence electrons. The van der Waals surface area contributed by atoms with E-state index in [1.165, 1.54) is 11.3 Å². The van der Waals surface area contributed by atoms with Crippen LogP contribution in [0.2, 0.25) is 0 Å². The lowest BCUT2D eigenvalue weighted by Gasteiger charge is -2.33. The molecule has 4 rings (SSSR count). The molecule has 6 nitrogen and oxygen atoms in total. The van der Waals surface area contributed by atoms with Crippen molar-refractivity contribution in [3.63, 3.8) is 0 Å². The predicted molar refractivity (Wildman–Crippen MR) is 86.2 cm³/mol. The maximum Gasteiger partial charge on any atom is 0.267 e. The van der Waals surface area contributed by atoms with Crippen molar-refractivity contribution in [2.45, 2.75) is 19.4 Å². The van der Waals surface area contributed by atoms with Crippen LogP contribution in [0, 0.1) is 5.92 Å². The summed E-state index contributed by atoms with van der Waals surface area (Å²) in [5, 5.41) is 1.87. The molecule has 1 fully saturated rings. The second kappa shape index (κ2) is 6.23. The summed E-state index contributed by atoms with van der Waals surface area (Å²) in [4.78, 5) is 19.6. The number of ether oxygens (including phenoxy) is 2. The van der Waals surface area contributed by atoms with Crippen LogP contribution in [0.4, 0.5) is 0 Å². The van der Waals surface area contributed by atoms with Gasteiger partial charge in [0, 0.05) is 37.4 Å². The summed E-state index contributed by atoms with van der Waals surface area (Å²) in [6.45, 7) is 3.56. The number of carbonyl (C=O) groups is 1. The van der Waals surface area contributed by atoms with Gasteiger partial charge in [-0.15, -0.1) is 11.3 Å². The van der Waals surface area contributed by atoms with Gasteiger partial charge >= 0.3 is 0 Å². The van der Waals surface area contributed by atoms with Crippen LogP contribution in [0.3, 0.4) is 0 Å². The number of fused-ring (bicyclic) bond motifs is 1. The highest BCUT2D eigenvalue weighted by Crippen LogP contribution is 2.40. The SMILES string of the molecule is O=C(c1scc2c1OCCO2)N1CCCC(Cn2ccnc2)C1. The van der Waals surface area contributed by atoms with Gasteiger partial charge in [-0.25, -0.2) is 4.98 Å². The minimum atomic E-state index is 0.0667. The Bertz CT molecular complexity index is 683. The summed E-state index contributed by atoms with van der Waals surface area (Å²) in [7, 11) is 0. The number of nitrogens with zero attached hydrogens (tertiary/aromatic N) is 3. The quantitative estimate of drug-likeness (QED) is 0.865. The molecule has 23 heavy (non-hydrogen) atoms. The monoisotopic (exact) mass is 333 g/mol. The Hall–Kier alpha value is -2.02. The van der Waals surface area contributed by atoms with Gasteiger partial charge in [0.25, 0.3) is 5.91 Å². The molecule has 2 aromatic rings. The molecule has 1 atom stereocenters. The summed E-state index contributed by atoms with van der Waals surface area (Å²) in [5.41, 5.74) is 0. The molecule has 0 saturated carbocycles. The van der Waals surface area contributed by atoms with Crippen molar-refractivity contribution >= 4 is 17.2 Å². The minimum absolute atomic E-state index is 0.0667. The fraction of sp³-hybridized carbons (Fsp3) is 0.500. The fourth-order valence-electron chi connectivity index (χ4n) is 3.25. The third-order valence-electron chi connectivity index (χ3n) is 4.33. The number of rotatable bonds is 3. The summed E-state index contributed by atoms with van der Waals surface area (Å²) in [6, 6.07) is 0. The van der Waals surface area contributed by atoms with Gasteiger partial charge in [-0.1, -0.05) is 0 Å². The Kier molecular flexibility index (Phi) is 3.95. The molecular formula is C16H19N3O3S. The van der Waals surface area contributed by atoms with E-state index >= 15 is 0 Å². The van der Waals surface area contributed by atoms with Gasteiger partial charge < -0.3 is 18.9 Å². The summed E-state index contributed by atoms with van der Waals surface area (Å²) in [5.74, 6) is 1.87. The molecule has 2 aliphatic rings. The molecule has 0 aromatic carbocycles. The van der Waals surface area contributed by atoms with Crippen LogP contribution >= 0.6 is 11.3 Å². The lowest BCUT2D eigenvalue weighted by Crippen LogP contribution is -2.41. The zero-order valence-corrected chi connectivity index (χ0v) is 13.6. The molecule has 7 heteroatoms. The van der Waals surface area contributed by atoms with Crippen LogP contribution in [0.1, 0.15) is 22.5 Å². The first-order valence-electron chi connectivity index (χ1n) is 7.93. The molecule has 2 aliphatic heterocycles. The summed E-state index contributed by atoms with van der Waals surface area (Å²) < 4.78 is 13.3. The number of imidazole rings is 1. The van der Waals surface area contributed by atoms with Gasteiger partial charge in [-0.05, 0) is 18.8 Å². The molecule has 0 bridgehead atoms.